The molecule has 8 heteroatoms. The minimum absolute atomic E-state index is 0. The van der Waals surface area contributed by atoms with Gasteiger partial charge in [-0.15, -0.1) is 12.4 Å². The Kier molecular flexibility index (Phi) is 8.73. The van der Waals surface area contributed by atoms with E-state index in [4.69, 9.17) is 0 Å². The Labute approximate surface area is 144 Å². The Balaban J connectivity index is 0.00000484. The van der Waals surface area contributed by atoms with E-state index in [1.165, 1.54) is 0 Å². The Morgan fingerprint density at radius 1 is 1.17 bits per heavy atom. The summed E-state index contributed by atoms with van der Waals surface area (Å²) in [6.45, 7) is 8.03. The molecule has 0 spiro atoms. The van der Waals surface area contributed by atoms with Gasteiger partial charge < -0.3 is 16.0 Å². The van der Waals surface area contributed by atoms with Gasteiger partial charge in [0.2, 0.25) is 17.7 Å². The second kappa shape index (κ2) is 9.20. The summed E-state index contributed by atoms with van der Waals surface area (Å²) in [6, 6.07) is -1.51. The van der Waals surface area contributed by atoms with Crippen molar-refractivity contribution in [1.29, 1.82) is 0 Å². The minimum atomic E-state index is -0.777. The van der Waals surface area contributed by atoms with Gasteiger partial charge in [0.05, 0.1) is 12.1 Å². The van der Waals surface area contributed by atoms with Gasteiger partial charge in [0.15, 0.2) is 0 Å². The first kappa shape index (κ1) is 21.8. The van der Waals surface area contributed by atoms with Crippen molar-refractivity contribution in [3.8, 4) is 0 Å². The molecule has 1 unspecified atom stereocenters. The Hall–Kier alpha value is -1.18. The highest BCUT2D eigenvalue weighted by molar-refractivity contribution is 6.01. The minimum Gasteiger partial charge on any atom is -0.342 e. The zero-order valence-corrected chi connectivity index (χ0v) is 15.3. The summed E-state index contributed by atoms with van der Waals surface area (Å²) >= 11 is 0. The van der Waals surface area contributed by atoms with Gasteiger partial charge in [-0.3, -0.25) is 19.7 Å². The normalized spacial score (nSPS) is 20.1. The smallest absolute Gasteiger partial charge is 0.249 e. The van der Waals surface area contributed by atoms with Crippen LogP contribution in [-0.4, -0.2) is 49.4 Å². The van der Waals surface area contributed by atoms with E-state index < -0.39 is 23.4 Å². The Morgan fingerprint density at radius 2 is 1.78 bits per heavy atom. The molecule has 23 heavy (non-hydrogen) atoms. The average Bonchev–Trinajstić information content (AvgIpc) is 2.96. The quantitative estimate of drug-likeness (QED) is 0.558. The molecule has 1 fully saturated rings. The monoisotopic (exact) mass is 348 g/mol. The summed E-state index contributed by atoms with van der Waals surface area (Å²) in [5.41, 5.74) is -0.503. The zero-order valence-electron chi connectivity index (χ0n) is 14.5. The topological polar surface area (TPSA) is 99.3 Å². The molecule has 0 bridgehead atoms. The maximum atomic E-state index is 12.4. The number of halogens is 1. The summed E-state index contributed by atoms with van der Waals surface area (Å²) in [5.74, 6) is -1.07. The van der Waals surface area contributed by atoms with E-state index in [-0.39, 0.29) is 30.3 Å². The third kappa shape index (κ3) is 6.45. The van der Waals surface area contributed by atoms with Gasteiger partial charge in [-0.2, -0.15) is 0 Å². The second-order valence-corrected chi connectivity index (χ2v) is 6.82. The number of carbonyl (C=O) groups excluding carboxylic acids is 3. The third-order valence-electron chi connectivity index (χ3n) is 3.86. The largest absolute Gasteiger partial charge is 0.342 e. The fourth-order valence-electron chi connectivity index (χ4n) is 2.26. The van der Waals surface area contributed by atoms with Crippen LogP contribution in [-0.2, 0) is 14.4 Å². The number of imide groups is 1. The predicted octanol–water partition coefficient (Wildman–Crippen LogP) is -0.0582. The van der Waals surface area contributed by atoms with Gasteiger partial charge in [0.25, 0.3) is 0 Å². The van der Waals surface area contributed by atoms with E-state index >= 15 is 0 Å². The lowest BCUT2D eigenvalue weighted by Gasteiger charge is -2.31. The number of rotatable bonds is 5. The number of hydrogen-bond donors (Lipinski definition) is 4. The van der Waals surface area contributed by atoms with Crippen molar-refractivity contribution in [2.45, 2.75) is 58.7 Å². The maximum Gasteiger partial charge on any atom is 0.249 e. The van der Waals surface area contributed by atoms with Gasteiger partial charge in [0, 0.05) is 0 Å². The SMILES string of the molecule is CN[C@@H](C)C(=O)N[C@H](C(=O)NC(=O)C1CCCN1)C(C)(C)C.Cl. The van der Waals surface area contributed by atoms with Crippen LogP contribution in [0.2, 0.25) is 0 Å². The Bertz CT molecular complexity index is 431. The summed E-state index contributed by atoms with van der Waals surface area (Å²) in [5, 5.41) is 11.0. The molecule has 1 aliphatic rings. The van der Waals surface area contributed by atoms with Crippen LogP contribution < -0.4 is 21.3 Å². The van der Waals surface area contributed by atoms with Gasteiger partial charge in [-0.1, -0.05) is 20.8 Å². The standard InChI is InChI=1S/C15H28N4O3.ClH/c1-9(16-5)12(20)18-11(15(2,3)4)14(22)19-13(21)10-7-6-8-17-10;/h9-11,16-17H,6-8H2,1-5H3,(H,18,20)(H,19,21,22);1H/t9-,10?,11+;/m0./s1. The van der Waals surface area contributed by atoms with Gasteiger partial charge in [-0.05, 0) is 38.8 Å². The molecule has 1 aliphatic heterocycles. The van der Waals surface area contributed by atoms with Crippen molar-refractivity contribution in [2.24, 2.45) is 5.41 Å². The van der Waals surface area contributed by atoms with Crippen LogP contribution in [0.1, 0.15) is 40.5 Å². The molecule has 0 aromatic carbocycles. The van der Waals surface area contributed by atoms with Crippen molar-refractivity contribution >= 4 is 30.1 Å². The van der Waals surface area contributed by atoms with Crippen LogP contribution in [0.15, 0.2) is 0 Å². The lowest BCUT2D eigenvalue weighted by Crippen LogP contribution is -2.58. The number of carbonyl (C=O) groups is 3. The molecule has 134 valence electrons. The summed E-state index contributed by atoms with van der Waals surface area (Å²) < 4.78 is 0. The summed E-state index contributed by atoms with van der Waals surface area (Å²) in [4.78, 5) is 36.5. The van der Waals surface area contributed by atoms with E-state index in [2.05, 4.69) is 21.3 Å². The van der Waals surface area contributed by atoms with Crippen molar-refractivity contribution in [2.75, 3.05) is 13.6 Å². The van der Waals surface area contributed by atoms with E-state index in [9.17, 15) is 14.4 Å². The van der Waals surface area contributed by atoms with E-state index in [0.717, 1.165) is 19.4 Å². The molecular formula is C15H29ClN4O3. The van der Waals surface area contributed by atoms with Crippen LogP contribution in [0.3, 0.4) is 0 Å². The molecule has 4 N–H and O–H groups in total. The maximum absolute atomic E-state index is 12.4. The lowest BCUT2D eigenvalue weighted by molar-refractivity contribution is -0.137. The summed E-state index contributed by atoms with van der Waals surface area (Å²) in [6.07, 6.45) is 1.65. The highest BCUT2D eigenvalue weighted by atomic mass is 35.5. The van der Waals surface area contributed by atoms with Crippen LogP contribution in [0.25, 0.3) is 0 Å². The molecule has 0 aliphatic carbocycles. The molecule has 1 saturated heterocycles. The molecule has 0 aromatic heterocycles. The first-order valence-corrected chi connectivity index (χ1v) is 7.72. The van der Waals surface area contributed by atoms with Crippen LogP contribution >= 0.6 is 12.4 Å². The van der Waals surface area contributed by atoms with Gasteiger partial charge in [-0.25, -0.2) is 0 Å². The summed E-state index contributed by atoms with van der Waals surface area (Å²) in [7, 11) is 1.67. The van der Waals surface area contributed by atoms with Crippen molar-refractivity contribution in [1.82, 2.24) is 21.3 Å². The zero-order chi connectivity index (χ0) is 16.9. The molecule has 1 heterocycles. The molecule has 1 rings (SSSR count). The van der Waals surface area contributed by atoms with Crippen molar-refractivity contribution in [3.05, 3.63) is 0 Å². The molecule has 0 aromatic rings. The van der Waals surface area contributed by atoms with Gasteiger partial charge in [0.1, 0.15) is 6.04 Å². The Morgan fingerprint density at radius 3 is 2.22 bits per heavy atom. The number of likely N-dealkylation sites (N-methyl/N-ethyl adjacent to an activating group) is 1. The third-order valence-corrected chi connectivity index (χ3v) is 3.86. The first-order valence-electron chi connectivity index (χ1n) is 7.72. The first-order chi connectivity index (χ1) is 10.2. The fourth-order valence-corrected chi connectivity index (χ4v) is 2.26. The van der Waals surface area contributed by atoms with Crippen LogP contribution in [0.4, 0.5) is 0 Å². The van der Waals surface area contributed by atoms with Crippen molar-refractivity contribution < 1.29 is 14.4 Å². The average molecular weight is 349 g/mol. The number of nitrogens with one attached hydrogen (secondary N) is 4. The molecule has 3 amide bonds. The van der Waals surface area contributed by atoms with Crippen LogP contribution in [0, 0.1) is 5.41 Å². The van der Waals surface area contributed by atoms with Crippen molar-refractivity contribution in [3.63, 3.8) is 0 Å². The molecule has 3 atom stereocenters. The van der Waals surface area contributed by atoms with E-state index in [0.29, 0.717) is 0 Å². The van der Waals surface area contributed by atoms with E-state index in [1.54, 1.807) is 14.0 Å². The number of amides is 3. The second-order valence-electron chi connectivity index (χ2n) is 6.82. The van der Waals surface area contributed by atoms with Gasteiger partial charge >= 0.3 is 0 Å². The highest BCUT2D eigenvalue weighted by Gasteiger charge is 2.35. The lowest BCUT2D eigenvalue weighted by atomic mass is 9.86. The molecule has 7 nitrogen and oxygen atoms in total. The van der Waals surface area contributed by atoms with E-state index in [1.807, 2.05) is 20.8 Å². The molecular weight excluding hydrogens is 320 g/mol. The number of hydrogen-bond acceptors (Lipinski definition) is 5. The van der Waals surface area contributed by atoms with Crippen LogP contribution in [0.5, 0.6) is 0 Å². The molecule has 0 radical (unpaired) electrons. The fraction of sp³-hybridized carbons (Fsp3) is 0.800. The predicted molar refractivity (Wildman–Crippen MR) is 91.3 cm³/mol. The highest BCUT2D eigenvalue weighted by Crippen LogP contribution is 2.20. The molecule has 0 saturated carbocycles.